The molecule has 0 bridgehead atoms. The van der Waals surface area contributed by atoms with Crippen LogP contribution < -0.4 is 10.1 Å². The summed E-state index contributed by atoms with van der Waals surface area (Å²) in [7, 11) is 0. The number of hydrogen-bond donors (Lipinski definition) is 1. The third kappa shape index (κ3) is 4.59. The van der Waals surface area contributed by atoms with Crippen molar-refractivity contribution in [3.05, 3.63) is 64.7 Å². The van der Waals surface area contributed by atoms with Gasteiger partial charge in [0.05, 0.1) is 11.1 Å². The summed E-state index contributed by atoms with van der Waals surface area (Å²) < 4.78 is 20.6. The molecule has 1 amide bonds. The Bertz CT molecular complexity index is 960. The fourth-order valence-electron chi connectivity index (χ4n) is 2.36. The molecule has 27 heavy (non-hydrogen) atoms. The minimum atomic E-state index is -0.547. The lowest BCUT2D eigenvalue weighted by atomic mass is 10.2. The molecule has 0 radical (unpaired) electrons. The molecule has 0 atom stereocenters. The number of benzene rings is 2. The molecule has 0 aliphatic rings. The number of tetrazole rings is 1. The number of aromatic nitrogens is 4. The van der Waals surface area contributed by atoms with Crippen molar-refractivity contribution in [3.63, 3.8) is 0 Å². The number of ether oxygens (including phenoxy) is 1. The quantitative estimate of drug-likeness (QED) is 0.691. The van der Waals surface area contributed by atoms with Gasteiger partial charge in [-0.25, -0.2) is 9.07 Å². The van der Waals surface area contributed by atoms with Crippen molar-refractivity contribution in [2.24, 2.45) is 0 Å². The van der Waals surface area contributed by atoms with Gasteiger partial charge in [-0.1, -0.05) is 17.7 Å². The van der Waals surface area contributed by atoms with Crippen molar-refractivity contribution in [2.75, 3.05) is 5.32 Å². The highest BCUT2D eigenvalue weighted by Crippen LogP contribution is 2.21. The molecule has 0 aliphatic carbocycles. The first-order valence-electron chi connectivity index (χ1n) is 8.20. The van der Waals surface area contributed by atoms with Crippen molar-refractivity contribution in [3.8, 4) is 5.75 Å². The number of amides is 1. The molecule has 9 heteroatoms. The molecule has 0 saturated carbocycles. The molecular formula is C18H17ClFN5O2. The summed E-state index contributed by atoms with van der Waals surface area (Å²) in [6.45, 7) is 4.10. The highest BCUT2D eigenvalue weighted by Gasteiger charge is 2.12. The summed E-state index contributed by atoms with van der Waals surface area (Å²) in [6, 6.07) is 10.8. The van der Waals surface area contributed by atoms with Crippen LogP contribution in [-0.4, -0.2) is 26.1 Å². The van der Waals surface area contributed by atoms with E-state index in [9.17, 15) is 9.18 Å². The van der Waals surface area contributed by atoms with Crippen LogP contribution in [0.4, 0.5) is 10.1 Å². The van der Waals surface area contributed by atoms with E-state index in [-0.39, 0.29) is 23.6 Å². The van der Waals surface area contributed by atoms with Crippen molar-refractivity contribution in [1.82, 2.24) is 20.2 Å². The number of halogens is 2. The van der Waals surface area contributed by atoms with Gasteiger partial charge < -0.3 is 10.1 Å². The van der Waals surface area contributed by atoms with Gasteiger partial charge in [0.1, 0.15) is 18.2 Å². The second-order valence-electron chi connectivity index (χ2n) is 6.03. The molecule has 1 N–H and O–H groups in total. The summed E-state index contributed by atoms with van der Waals surface area (Å²) in [6.07, 6.45) is 0. The molecule has 0 spiro atoms. The van der Waals surface area contributed by atoms with E-state index in [0.717, 1.165) is 0 Å². The summed E-state index contributed by atoms with van der Waals surface area (Å²) in [5.41, 5.74) is 0.783. The second-order valence-corrected chi connectivity index (χ2v) is 6.44. The second kappa shape index (κ2) is 8.13. The standard InChI is InChI=1S/C18H17ClFN5O2/c1-11(2)25-17(22-23-24-25)10-27-14-5-3-4-12(8-14)18(26)21-13-6-7-16(20)15(19)9-13/h3-9,11H,10H2,1-2H3,(H,21,26). The Kier molecular flexibility index (Phi) is 5.66. The first-order chi connectivity index (χ1) is 12.9. The molecule has 0 aliphatic heterocycles. The van der Waals surface area contributed by atoms with Crippen molar-refractivity contribution in [1.29, 1.82) is 0 Å². The zero-order chi connectivity index (χ0) is 19.4. The van der Waals surface area contributed by atoms with Gasteiger partial charge in [0, 0.05) is 11.3 Å². The molecule has 140 valence electrons. The van der Waals surface area contributed by atoms with Crippen LogP contribution in [0, 0.1) is 5.82 Å². The van der Waals surface area contributed by atoms with Gasteiger partial charge in [0.2, 0.25) is 0 Å². The molecule has 1 heterocycles. The van der Waals surface area contributed by atoms with E-state index in [1.165, 1.54) is 18.2 Å². The number of carbonyl (C=O) groups excluding carboxylic acids is 1. The van der Waals surface area contributed by atoms with Crippen LogP contribution in [0.25, 0.3) is 0 Å². The zero-order valence-electron chi connectivity index (χ0n) is 14.7. The third-order valence-electron chi connectivity index (χ3n) is 3.69. The van der Waals surface area contributed by atoms with Crippen molar-refractivity contribution >= 4 is 23.2 Å². The van der Waals surface area contributed by atoms with E-state index in [0.29, 0.717) is 22.8 Å². The Morgan fingerprint density at radius 1 is 1.30 bits per heavy atom. The Morgan fingerprint density at radius 2 is 2.11 bits per heavy atom. The van der Waals surface area contributed by atoms with E-state index >= 15 is 0 Å². The van der Waals surface area contributed by atoms with E-state index in [1.807, 2.05) is 13.8 Å². The SMILES string of the molecule is CC(C)n1nnnc1COc1cccc(C(=O)Nc2ccc(F)c(Cl)c2)c1. The van der Waals surface area contributed by atoms with Crippen LogP contribution in [0.1, 0.15) is 36.1 Å². The summed E-state index contributed by atoms with van der Waals surface area (Å²) in [5.74, 6) is 0.169. The van der Waals surface area contributed by atoms with Crippen molar-refractivity contribution < 1.29 is 13.9 Å². The maximum absolute atomic E-state index is 13.2. The first-order valence-corrected chi connectivity index (χ1v) is 8.58. The summed E-state index contributed by atoms with van der Waals surface area (Å²) in [5, 5.41) is 14.1. The zero-order valence-corrected chi connectivity index (χ0v) is 15.4. The minimum absolute atomic E-state index is 0.0623. The van der Waals surface area contributed by atoms with Crippen LogP contribution in [0.5, 0.6) is 5.75 Å². The van der Waals surface area contributed by atoms with E-state index in [1.54, 1.807) is 28.9 Å². The van der Waals surface area contributed by atoms with Crippen LogP contribution in [-0.2, 0) is 6.61 Å². The highest BCUT2D eigenvalue weighted by atomic mass is 35.5. The van der Waals surface area contributed by atoms with Gasteiger partial charge in [-0.3, -0.25) is 4.79 Å². The van der Waals surface area contributed by atoms with E-state index in [2.05, 4.69) is 20.8 Å². The van der Waals surface area contributed by atoms with Gasteiger partial charge in [-0.2, -0.15) is 0 Å². The van der Waals surface area contributed by atoms with E-state index < -0.39 is 5.82 Å². The van der Waals surface area contributed by atoms with Gasteiger partial charge in [0.25, 0.3) is 5.91 Å². The highest BCUT2D eigenvalue weighted by molar-refractivity contribution is 6.31. The molecule has 2 aromatic carbocycles. The maximum atomic E-state index is 13.2. The van der Waals surface area contributed by atoms with Gasteiger partial charge >= 0.3 is 0 Å². The van der Waals surface area contributed by atoms with Gasteiger partial charge in [0.15, 0.2) is 5.82 Å². The average Bonchev–Trinajstić information content (AvgIpc) is 3.12. The molecule has 0 fully saturated rings. The number of carbonyl (C=O) groups is 1. The summed E-state index contributed by atoms with van der Waals surface area (Å²) in [4.78, 5) is 12.4. The van der Waals surface area contributed by atoms with Crippen LogP contribution in [0.15, 0.2) is 42.5 Å². The lowest BCUT2D eigenvalue weighted by Crippen LogP contribution is -2.13. The lowest BCUT2D eigenvalue weighted by Gasteiger charge is -2.10. The number of nitrogens with zero attached hydrogens (tertiary/aromatic N) is 4. The molecule has 7 nitrogen and oxygen atoms in total. The Hall–Kier alpha value is -3.00. The lowest BCUT2D eigenvalue weighted by molar-refractivity contribution is 0.102. The minimum Gasteiger partial charge on any atom is -0.486 e. The number of anilines is 1. The number of rotatable bonds is 6. The van der Waals surface area contributed by atoms with Crippen LogP contribution in [0.2, 0.25) is 5.02 Å². The average molecular weight is 390 g/mol. The largest absolute Gasteiger partial charge is 0.486 e. The fourth-order valence-corrected chi connectivity index (χ4v) is 2.54. The fraction of sp³-hybridized carbons (Fsp3) is 0.222. The molecule has 0 unspecified atom stereocenters. The molecule has 1 aromatic heterocycles. The number of nitrogens with one attached hydrogen (secondary N) is 1. The normalized spacial score (nSPS) is 10.9. The Balaban J connectivity index is 1.68. The van der Waals surface area contributed by atoms with Crippen molar-refractivity contribution in [2.45, 2.75) is 26.5 Å². The topological polar surface area (TPSA) is 81.9 Å². The molecule has 3 rings (SSSR count). The van der Waals surface area contributed by atoms with E-state index in [4.69, 9.17) is 16.3 Å². The van der Waals surface area contributed by atoms with Crippen LogP contribution >= 0.6 is 11.6 Å². The van der Waals surface area contributed by atoms with Crippen LogP contribution in [0.3, 0.4) is 0 Å². The Morgan fingerprint density at radius 3 is 2.85 bits per heavy atom. The monoisotopic (exact) mass is 389 g/mol. The molecule has 3 aromatic rings. The van der Waals surface area contributed by atoms with Gasteiger partial charge in [-0.05, 0) is 60.7 Å². The number of hydrogen-bond acceptors (Lipinski definition) is 5. The molecular weight excluding hydrogens is 373 g/mol. The first kappa shape index (κ1) is 18.8. The predicted octanol–water partition coefficient (Wildman–Crippen LogP) is 3.88. The maximum Gasteiger partial charge on any atom is 0.255 e. The Labute approximate surface area is 160 Å². The molecule has 0 saturated heterocycles. The summed E-state index contributed by atoms with van der Waals surface area (Å²) >= 11 is 5.73. The third-order valence-corrected chi connectivity index (χ3v) is 3.98. The predicted molar refractivity (Wildman–Crippen MR) is 98.3 cm³/mol. The van der Waals surface area contributed by atoms with Gasteiger partial charge in [-0.15, -0.1) is 5.10 Å². The smallest absolute Gasteiger partial charge is 0.255 e.